The maximum atomic E-state index is 11.9. The third-order valence-electron chi connectivity index (χ3n) is 2.45. The van der Waals surface area contributed by atoms with Gasteiger partial charge in [0.1, 0.15) is 0 Å². The average molecular weight is 255 g/mol. The van der Waals surface area contributed by atoms with E-state index >= 15 is 0 Å². The number of likely N-dealkylation sites (tertiary alicyclic amines) is 1. The van der Waals surface area contributed by atoms with Crippen LogP contribution in [0.2, 0.25) is 0 Å². The highest BCUT2D eigenvalue weighted by molar-refractivity contribution is 7.12. The molecule has 98 valence electrons. The van der Waals surface area contributed by atoms with Gasteiger partial charge in [-0.25, -0.2) is 0 Å². The second-order valence-corrected chi connectivity index (χ2v) is 4.35. The number of hydrogen-bond acceptors (Lipinski definition) is 2. The van der Waals surface area contributed by atoms with Crippen LogP contribution < -0.4 is 0 Å². The molecule has 2 nitrogen and oxygen atoms in total. The maximum Gasteiger partial charge on any atom is 0.264 e. The van der Waals surface area contributed by atoms with E-state index in [4.69, 9.17) is 0 Å². The lowest BCUT2D eigenvalue weighted by atomic mass is 10.3. The van der Waals surface area contributed by atoms with Crippen LogP contribution in [-0.2, 0) is 0 Å². The van der Waals surface area contributed by atoms with E-state index in [9.17, 15) is 4.79 Å². The first-order valence-electron chi connectivity index (χ1n) is 6.62. The van der Waals surface area contributed by atoms with Crippen molar-refractivity contribution in [3.05, 3.63) is 21.9 Å². The summed E-state index contributed by atoms with van der Waals surface area (Å²) in [6.45, 7) is 11.9. The van der Waals surface area contributed by atoms with Gasteiger partial charge in [-0.1, -0.05) is 27.7 Å². The minimum atomic E-state index is 0.227. The molecular weight excluding hydrogens is 230 g/mol. The summed E-state index contributed by atoms with van der Waals surface area (Å²) in [6, 6.07) is 2.01. The Morgan fingerprint density at radius 3 is 2.12 bits per heavy atom. The fourth-order valence-electron chi connectivity index (χ4n) is 1.66. The van der Waals surface area contributed by atoms with Gasteiger partial charge >= 0.3 is 0 Å². The molecule has 2 heterocycles. The van der Waals surface area contributed by atoms with E-state index in [1.54, 1.807) is 11.3 Å². The average Bonchev–Trinajstić information content (AvgIpc) is 3.04. The lowest BCUT2D eigenvalue weighted by Gasteiger charge is -2.14. The van der Waals surface area contributed by atoms with Gasteiger partial charge in [0.15, 0.2) is 0 Å². The molecule has 1 aromatic rings. The molecule has 1 aromatic heterocycles. The molecule has 17 heavy (non-hydrogen) atoms. The Hall–Kier alpha value is -0.830. The first kappa shape index (κ1) is 16.2. The van der Waals surface area contributed by atoms with Gasteiger partial charge in [-0.3, -0.25) is 4.79 Å². The summed E-state index contributed by atoms with van der Waals surface area (Å²) in [4.78, 5) is 14.7. The Morgan fingerprint density at radius 1 is 1.18 bits per heavy atom. The molecule has 0 aliphatic carbocycles. The van der Waals surface area contributed by atoms with Gasteiger partial charge in [-0.05, 0) is 36.8 Å². The Bertz CT molecular complexity index is 314. The quantitative estimate of drug-likeness (QED) is 0.731. The zero-order valence-corrected chi connectivity index (χ0v) is 12.6. The summed E-state index contributed by atoms with van der Waals surface area (Å²) in [5.74, 6) is 0.227. The van der Waals surface area contributed by atoms with Crippen molar-refractivity contribution in [2.75, 3.05) is 13.1 Å². The smallest absolute Gasteiger partial charge is 0.264 e. The number of carbonyl (C=O) groups is 1. The number of aryl methyl sites for hydroxylation is 1. The molecule has 3 heteroatoms. The normalized spacial score (nSPS) is 13.4. The number of carbonyl (C=O) groups excluding carboxylic acids is 1. The molecule has 0 spiro atoms. The number of amides is 1. The van der Waals surface area contributed by atoms with E-state index in [1.807, 2.05) is 51.0 Å². The van der Waals surface area contributed by atoms with E-state index < -0.39 is 0 Å². The molecule has 1 saturated heterocycles. The molecule has 0 atom stereocenters. The van der Waals surface area contributed by atoms with E-state index in [2.05, 4.69) is 0 Å². The van der Waals surface area contributed by atoms with Gasteiger partial charge in [0, 0.05) is 13.1 Å². The van der Waals surface area contributed by atoms with Crippen LogP contribution in [-0.4, -0.2) is 23.9 Å². The fraction of sp³-hybridized carbons (Fsp3) is 0.643. The molecule has 0 saturated carbocycles. The van der Waals surface area contributed by atoms with Crippen LogP contribution in [0.1, 0.15) is 55.8 Å². The zero-order valence-electron chi connectivity index (χ0n) is 11.7. The fourth-order valence-corrected chi connectivity index (χ4v) is 2.55. The Balaban J connectivity index is 0.000000581. The molecule has 1 amide bonds. The van der Waals surface area contributed by atoms with Gasteiger partial charge < -0.3 is 4.90 Å². The van der Waals surface area contributed by atoms with Crippen LogP contribution in [0, 0.1) is 6.92 Å². The van der Waals surface area contributed by atoms with Crippen LogP contribution in [0.3, 0.4) is 0 Å². The summed E-state index contributed by atoms with van der Waals surface area (Å²) >= 11 is 1.55. The van der Waals surface area contributed by atoms with Crippen molar-refractivity contribution in [2.45, 2.75) is 47.5 Å². The monoisotopic (exact) mass is 255 g/mol. The van der Waals surface area contributed by atoms with Crippen molar-refractivity contribution >= 4 is 17.2 Å². The van der Waals surface area contributed by atoms with E-state index in [0.717, 1.165) is 36.4 Å². The molecule has 2 rings (SSSR count). The lowest BCUT2D eigenvalue weighted by molar-refractivity contribution is 0.0797. The highest BCUT2D eigenvalue weighted by Gasteiger charge is 2.21. The molecule has 0 N–H and O–H groups in total. The Morgan fingerprint density at radius 2 is 1.71 bits per heavy atom. The van der Waals surface area contributed by atoms with Gasteiger partial charge in [-0.15, -0.1) is 11.3 Å². The summed E-state index contributed by atoms with van der Waals surface area (Å²) in [6.07, 6.45) is 2.33. The predicted octanol–water partition coefficient (Wildman–Crippen LogP) is 4.34. The summed E-state index contributed by atoms with van der Waals surface area (Å²) in [5.41, 5.74) is 1.11. The van der Waals surface area contributed by atoms with Crippen molar-refractivity contribution in [3.8, 4) is 0 Å². The second-order valence-electron chi connectivity index (χ2n) is 3.43. The second kappa shape index (κ2) is 9.23. The third kappa shape index (κ3) is 4.50. The van der Waals surface area contributed by atoms with Crippen LogP contribution in [0.5, 0.6) is 0 Å². The van der Waals surface area contributed by atoms with Gasteiger partial charge in [0.05, 0.1) is 4.88 Å². The molecule has 1 fully saturated rings. The first-order valence-corrected chi connectivity index (χ1v) is 7.50. The van der Waals surface area contributed by atoms with Crippen LogP contribution in [0.15, 0.2) is 11.4 Å². The largest absolute Gasteiger partial charge is 0.338 e. The van der Waals surface area contributed by atoms with Crippen molar-refractivity contribution in [1.29, 1.82) is 0 Å². The lowest BCUT2D eigenvalue weighted by Crippen LogP contribution is -2.27. The topological polar surface area (TPSA) is 20.3 Å². The molecular formula is C14H25NOS. The SMILES string of the molecule is CC.CC.Cc1ccsc1C(=O)N1CCCC1. The van der Waals surface area contributed by atoms with E-state index in [-0.39, 0.29) is 5.91 Å². The van der Waals surface area contributed by atoms with Gasteiger partial charge in [-0.2, -0.15) is 0 Å². The Kier molecular flexibility index (Phi) is 8.78. The van der Waals surface area contributed by atoms with Crippen molar-refractivity contribution in [1.82, 2.24) is 4.90 Å². The third-order valence-corrected chi connectivity index (χ3v) is 3.45. The molecule has 0 unspecified atom stereocenters. The van der Waals surface area contributed by atoms with Gasteiger partial charge in [0.2, 0.25) is 0 Å². The molecule has 1 aliphatic heterocycles. The van der Waals surface area contributed by atoms with Crippen molar-refractivity contribution in [3.63, 3.8) is 0 Å². The minimum absolute atomic E-state index is 0.227. The number of thiophene rings is 1. The van der Waals surface area contributed by atoms with Crippen LogP contribution in [0.4, 0.5) is 0 Å². The van der Waals surface area contributed by atoms with E-state index in [0.29, 0.717) is 0 Å². The highest BCUT2D eigenvalue weighted by Crippen LogP contribution is 2.20. The number of nitrogens with zero attached hydrogens (tertiary/aromatic N) is 1. The Labute approximate surface area is 110 Å². The number of hydrogen-bond donors (Lipinski definition) is 0. The van der Waals surface area contributed by atoms with Crippen molar-refractivity contribution in [2.24, 2.45) is 0 Å². The van der Waals surface area contributed by atoms with Gasteiger partial charge in [0.25, 0.3) is 5.91 Å². The first-order chi connectivity index (χ1) is 8.29. The predicted molar refractivity (Wildman–Crippen MR) is 76.9 cm³/mol. The van der Waals surface area contributed by atoms with Crippen LogP contribution >= 0.6 is 11.3 Å². The van der Waals surface area contributed by atoms with Crippen LogP contribution in [0.25, 0.3) is 0 Å². The summed E-state index contributed by atoms with van der Waals surface area (Å²) in [5, 5.41) is 1.98. The number of rotatable bonds is 1. The minimum Gasteiger partial charge on any atom is -0.338 e. The molecule has 0 aromatic carbocycles. The standard InChI is InChI=1S/C10H13NOS.2C2H6/c1-8-4-7-13-9(8)10(12)11-5-2-3-6-11;2*1-2/h4,7H,2-3,5-6H2,1H3;2*1-2H3. The highest BCUT2D eigenvalue weighted by atomic mass is 32.1. The maximum absolute atomic E-state index is 11.9. The molecule has 1 aliphatic rings. The van der Waals surface area contributed by atoms with E-state index in [1.165, 1.54) is 0 Å². The summed E-state index contributed by atoms with van der Waals surface area (Å²) in [7, 11) is 0. The zero-order chi connectivity index (χ0) is 13.3. The summed E-state index contributed by atoms with van der Waals surface area (Å²) < 4.78 is 0. The molecule has 0 bridgehead atoms. The molecule has 0 radical (unpaired) electrons. The van der Waals surface area contributed by atoms with Crippen molar-refractivity contribution < 1.29 is 4.79 Å².